The molecule has 2 N–H and O–H groups in total. The fourth-order valence-corrected chi connectivity index (χ4v) is 1.92. The highest BCUT2D eigenvalue weighted by molar-refractivity contribution is 5.85. The SMILES string of the molecule is O=C(CNC(=O)Cc1ccccc1)NCc1ccccc1F. The molecule has 2 rings (SSSR count). The van der Waals surface area contributed by atoms with Gasteiger partial charge in [-0.1, -0.05) is 48.5 Å². The van der Waals surface area contributed by atoms with Crippen LogP contribution in [0.3, 0.4) is 0 Å². The summed E-state index contributed by atoms with van der Waals surface area (Å²) in [7, 11) is 0. The second-order valence-electron chi connectivity index (χ2n) is 4.81. The maximum atomic E-state index is 13.4. The normalized spacial score (nSPS) is 10.0. The van der Waals surface area contributed by atoms with Gasteiger partial charge in [0.25, 0.3) is 0 Å². The van der Waals surface area contributed by atoms with Gasteiger partial charge in [-0.15, -0.1) is 0 Å². The molecule has 0 aliphatic rings. The summed E-state index contributed by atoms with van der Waals surface area (Å²) in [5.41, 5.74) is 1.29. The summed E-state index contributed by atoms with van der Waals surface area (Å²) in [6.45, 7) is -0.0276. The first-order valence-electron chi connectivity index (χ1n) is 6.96. The van der Waals surface area contributed by atoms with E-state index in [9.17, 15) is 14.0 Å². The van der Waals surface area contributed by atoms with Gasteiger partial charge in [0.2, 0.25) is 11.8 Å². The van der Waals surface area contributed by atoms with E-state index in [4.69, 9.17) is 0 Å². The molecule has 0 saturated heterocycles. The van der Waals surface area contributed by atoms with E-state index in [1.807, 2.05) is 30.3 Å². The number of halogens is 1. The van der Waals surface area contributed by atoms with Gasteiger partial charge in [-0.05, 0) is 11.6 Å². The molecule has 5 heteroatoms. The van der Waals surface area contributed by atoms with E-state index in [-0.39, 0.29) is 37.1 Å². The standard InChI is InChI=1S/C17H17FN2O2/c18-15-9-5-4-8-14(15)11-19-17(22)12-20-16(21)10-13-6-2-1-3-7-13/h1-9H,10-12H2,(H,19,22)(H,20,21). The molecular weight excluding hydrogens is 283 g/mol. The van der Waals surface area contributed by atoms with Crippen LogP contribution in [0.25, 0.3) is 0 Å². The van der Waals surface area contributed by atoms with Crippen LogP contribution < -0.4 is 10.6 Å². The van der Waals surface area contributed by atoms with Crippen molar-refractivity contribution >= 4 is 11.8 Å². The molecule has 0 heterocycles. The molecule has 114 valence electrons. The maximum Gasteiger partial charge on any atom is 0.239 e. The molecule has 0 spiro atoms. The van der Waals surface area contributed by atoms with Gasteiger partial charge in [-0.3, -0.25) is 9.59 Å². The zero-order valence-corrected chi connectivity index (χ0v) is 12.0. The lowest BCUT2D eigenvalue weighted by Crippen LogP contribution is -2.37. The topological polar surface area (TPSA) is 58.2 Å². The molecule has 0 radical (unpaired) electrons. The van der Waals surface area contributed by atoms with Crippen molar-refractivity contribution in [2.75, 3.05) is 6.54 Å². The van der Waals surface area contributed by atoms with Gasteiger partial charge in [-0.25, -0.2) is 4.39 Å². The van der Waals surface area contributed by atoms with Crippen LogP contribution in [-0.2, 0) is 22.6 Å². The first-order valence-corrected chi connectivity index (χ1v) is 6.96. The summed E-state index contributed by atoms with van der Waals surface area (Å²) in [5.74, 6) is -0.951. The summed E-state index contributed by atoms with van der Waals surface area (Å²) in [4.78, 5) is 23.3. The number of carbonyl (C=O) groups excluding carboxylic acids is 2. The summed E-state index contributed by atoms with van der Waals surface area (Å²) in [5, 5.41) is 5.10. The van der Waals surface area contributed by atoms with Crippen LogP contribution in [0.4, 0.5) is 4.39 Å². The Labute approximate surface area is 128 Å². The summed E-state index contributed by atoms with van der Waals surface area (Å²) in [6, 6.07) is 15.5. The van der Waals surface area contributed by atoms with E-state index in [0.717, 1.165) is 5.56 Å². The second-order valence-corrected chi connectivity index (χ2v) is 4.81. The van der Waals surface area contributed by atoms with Crippen molar-refractivity contribution in [3.05, 3.63) is 71.5 Å². The highest BCUT2D eigenvalue weighted by atomic mass is 19.1. The lowest BCUT2D eigenvalue weighted by molar-refractivity contribution is -0.125. The fraction of sp³-hybridized carbons (Fsp3) is 0.176. The number of nitrogens with one attached hydrogen (secondary N) is 2. The molecule has 0 aliphatic carbocycles. The number of hydrogen-bond acceptors (Lipinski definition) is 2. The first-order chi connectivity index (χ1) is 10.6. The lowest BCUT2D eigenvalue weighted by atomic mass is 10.1. The van der Waals surface area contributed by atoms with Crippen LogP contribution >= 0.6 is 0 Å². The average molecular weight is 300 g/mol. The van der Waals surface area contributed by atoms with E-state index in [0.29, 0.717) is 5.56 Å². The minimum Gasteiger partial charge on any atom is -0.350 e. The highest BCUT2D eigenvalue weighted by Crippen LogP contribution is 2.05. The van der Waals surface area contributed by atoms with Gasteiger partial charge in [0.05, 0.1) is 13.0 Å². The van der Waals surface area contributed by atoms with Crippen LogP contribution in [0.2, 0.25) is 0 Å². The van der Waals surface area contributed by atoms with Crippen molar-refractivity contribution in [2.45, 2.75) is 13.0 Å². The molecule has 0 atom stereocenters. The minimum absolute atomic E-state index is 0.0973. The molecule has 0 saturated carbocycles. The smallest absolute Gasteiger partial charge is 0.239 e. The molecule has 22 heavy (non-hydrogen) atoms. The summed E-state index contributed by atoms with van der Waals surface area (Å²) in [6.07, 6.45) is 0.224. The van der Waals surface area contributed by atoms with Gasteiger partial charge in [0, 0.05) is 12.1 Å². The van der Waals surface area contributed by atoms with Crippen molar-refractivity contribution in [1.29, 1.82) is 0 Å². The Kier molecular flexibility index (Phi) is 5.65. The summed E-state index contributed by atoms with van der Waals surface area (Å²) >= 11 is 0. The van der Waals surface area contributed by atoms with Crippen LogP contribution in [-0.4, -0.2) is 18.4 Å². The van der Waals surface area contributed by atoms with Crippen molar-refractivity contribution in [3.8, 4) is 0 Å². The van der Waals surface area contributed by atoms with Gasteiger partial charge in [0.15, 0.2) is 0 Å². The van der Waals surface area contributed by atoms with E-state index in [1.54, 1.807) is 18.2 Å². The molecule has 2 aromatic carbocycles. The third-order valence-corrected chi connectivity index (χ3v) is 3.09. The molecule has 2 amide bonds. The lowest BCUT2D eigenvalue weighted by Gasteiger charge is -2.08. The first kappa shape index (κ1) is 15.7. The maximum absolute atomic E-state index is 13.4. The average Bonchev–Trinajstić information content (AvgIpc) is 2.53. The Balaban J connectivity index is 1.71. The van der Waals surface area contributed by atoms with Gasteiger partial charge >= 0.3 is 0 Å². The largest absolute Gasteiger partial charge is 0.350 e. The number of carbonyl (C=O) groups is 2. The zero-order valence-electron chi connectivity index (χ0n) is 12.0. The van der Waals surface area contributed by atoms with Crippen molar-refractivity contribution in [3.63, 3.8) is 0 Å². The van der Waals surface area contributed by atoms with Crippen molar-refractivity contribution < 1.29 is 14.0 Å². The molecular formula is C17H17FN2O2. The Morgan fingerprint density at radius 2 is 1.55 bits per heavy atom. The number of benzene rings is 2. The third kappa shape index (κ3) is 5.01. The highest BCUT2D eigenvalue weighted by Gasteiger charge is 2.07. The molecule has 0 fully saturated rings. The minimum atomic E-state index is -0.365. The number of hydrogen-bond donors (Lipinski definition) is 2. The van der Waals surface area contributed by atoms with E-state index < -0.39 is 0 Å². The Hall–Kier alpha value is -2.69. The third-order valence-electron chi connectivity index (χ3n) is 3.09. The molecule has 0 unspecified atom stereocenters. The van der Waals surface area contributed by atoms with Crippen LogP contribution in [0.1, 0.15) is 11.1 Å². The molecule has 0 bridgehead atoms. The van der Waals surface area contributed by atoms with E-state index in [2.05, 4.69) is 10.6 Å². The fourth-order valence-electron chi connectivity index (χ4n) is 1.92. The quantitative estimate of drug-likeness (QED) is 0.854. The monoisotopic (exact) mass is 300 g/mol. The Morgan fingerprint density at radius 3 is 2.27 bits per heavy atom. The van der Waals surface area contributed by atoms with Crippen LogP contribution in [0.5, 0.6) is 0 Å². The zero-order chi connectivity index (χ0) is 15.8. The van der Waals surface area contributed by atoms with Crippen LogP contribution in [0, 0.1) is 5.82 Å². The van der Waals surface area contributed by atoms with E-state index >= 15 is 0 Å². The predicted molar refractivity (Wildman–Crippen MR) is 81.4 cm³/mol. The molecule has 0 aliphatic heterocycles. The Bertz CT molecular complexity index is 644. The Morgan fingerprint density at radius 1 is 0.864 bits per heavy atom. The molecule has 2 aromatic rings. The second kappa shape index (κ2) is 7.93. The van der Waals surface area contributed by atoms with Crippen LogP contribution in [0.15, 0.2) is 54.6 Å². The summed E-state index contributed by atoms with van der Waals surface area (Å²) < 4.78 is 13.4. The molecule has 4 nitrogen and oxygen atoms in total. The number of rotatable bonds is 6. The van der Waals surface area contributed by atoms with Gasteiger partial charge < -0.3 is 10.6 Å². The number of amides is 2. The van der Waals surface area contributed by atoms with Crippen molar-refractivity contribution in [1.82, 2.24) is 10.6 Å². The van der Waals surface area contributed by atoms with Gasteiger partial charge in [-0.2, -0.15) is 0 Å². The predicted octanol–water partition coefficient (Wildman–Crippen LogP) is 1.80. The van der Waals surface area contributed by atoms with Crippen molar-refractivity contribution in [2.24, 2.45) is 0 Å². The molecule has 0 aromatic heterocycles. The van der Waals surface area contributed by atoms with E-state index in [1.165, 1.54) is 6.07 Å². The van der Waals surface area contributed by atoms with Gasteiger partial charge in [0.1, 0.15) is 5.82 Å².